The molecule has 23 heavy (non-hydrogen) atoms. The number of nitrogens with zero attached hydrogens (tertiary/aromatic N) is 1. The summed E-state index contributed by atoms with van der Waals surface area (Å²) >= 11 is 1.43. The minimum Gasteiger partial charge on any atom is -0.466 e. The van der Waals surface area contributed by atoms with E-state index < -0.39 is 0 Å². The molecule has 0 radical (unpaired) electrons. The van der Waals surface area contributed by atoms with Gasteiger partial charge in [0.2, 0.25) is 5.91 Å². The number of Topliss-reactive ketones (excluding diaryl/α,β-unsaturated/α-hetero) is 1. The molecular formula is C17H19NO4S. The van der Waals surface area contributed by atoms with E-state index >= 15 is 0 Å². The molecule has 0 aliphatic carbocycles. The highest BCUT2D eigenvalue weighted by Gasteiger charge is 2.30. The zero-order valence-electron chi connectivity index (χ0n) is 13.0. The third-order valence-electron chi connectivity index (χ3n) is 3.89. The van der Waals surface area contributed by atoms with Crippen molar-refractivity contribution in [3.05, 3.63) is 46.0 Å². The third-order valence-corrected chi connectivity index (χ3v) is 4.80. The Kier molecular flexibility index (Phi) is 4.93. The van der Waals surface area contributed by atoms with Crippen molar-refractivity contribution < 1.29 is 18.7 Å². The molecular weight excluding hydrogens is 314 g/mol. The van der Waals surface area contributed by atoms with Crippen molar-refractivity contribution in [1.82, 2.24) is 4.90 Å². The number of ether oxygens (including phenoxy) is 1. The van der Waals surface area contributed by atoms with Crippen molar-refractivity contribution in [2.24, 2.45) is 0 Å². The van der Waals surface area contributed by atoms with Crippen molar-refractivity contribution in [2.45, 2.75) is 25.8 Å². The molecule has 5 nitrogen and oxygen atoms in total. The lowest BCUT2D eigenvalue weighted by atomic mass is 10.1. The first-order valence-electron chi connectivity index (χ1n) is 7.62. The fourth-order valence-corrected chi connectivity index (χ4v) is 3.41. The monoisotopic (exact) mass is 333 g/mol. The van der Waals surface area contributed by atoms with Gasteiger partial charge in [-0.2, -0.15) is 0 Å². The normalized spacial score (nSPS) is 18.1. The number of hydrogen-bond acceptors (Lipinski definition) is 5. The number of hydrogen-bond donors (Lipinski definition) is 0. The van der Waals surface area contributed by atoms with Gasteiger partial charge in [0.1, 0.15) is 11.5 Å². The van der Waals surface area contributed by atoms with E-state index in [0.717, 1.165) is 10.6 Å². The summed E-state index contributed by atoms with van der Waals surface area (Å²) in [5.74, 6) is 1.48. The highest BCUT2D eigenvalue weighted by atomic mass is 32.1. The fourth-order valence-electron chi connectivity index (χ4n) is 2.73. The van der Waals surface area contributed by atoms with Crippen LogP contribution in [0.25, 0.3) is 0 Å². The Morgan fingerprint density at radius 3 is 2.91 bits per heavy atom. The van der Waals surface area contributed by atoms with Gasteiger partial charge in [0.05, 0.1) is 30.6 Å². The molecule has 1 aliphatic rings. The van der Waals surface area contributed by atoms with Gasteiger partial charge in [0, 0.05) is 13.0 Å². The predicted molar refractivity (Wildman–Crippen MR) is 86.7 cm³/mol. The van der Waals surface area contributed by atoms with Crippen molar-refractivity contribution in [1.29, 1.82) is 0 Å². The number of carbonyl (C=O) groups excluding carboxylic acids is 2. The van der Waals surface area contributed by atoms with Gasteiger partial charge >= 0.3 is 0 Å². The maximum Gasteiger partial charge on any atom is 0.230 e. The van der Waals surface area contributed by atoms with Crippen molar-refractivity contribution in [2.75, 3.05) is 19.8 Å². The number of carbonyl (C=O) groups is 2. The standard InChI is InChI=1S/C17H19NO4S/c1-12-4-5-14(22-12)10-17(20)18-6-7-21-11-13(18)9-15(19)16-3-2-8-23-16/h2-5,8,13H,6-7,9-11H2,1H3. The molecule has 1 saturated heterocycles. The lowest BCUT2D eigenvalue weighted by molar-refractivity contribution is -0.139. The first-order valence-corrected chi connectivity index (χ1v) is 8.50. The number of furan rings is 1. The molecule has 0 spiro atoms. The van der Waals surface area contributed by atoms with E-state index in [1.807, 2.05) is 36.6 Å². The average molecular weight is 333 g/mol. The summed E-state index contributed by atoms with van der Waals surface area (Å²) < 4.78 is 10.9. The van der Waals surface area contributed by atoms with Crippen LogP contribution in [0, 0.1) is 6.92 Å². The van der Waals surface area contributed by atoms with Crippen LogP contribution < -0.4 is 0 Å². The molecule has 1 amide bonds. The SMILES string of the molecule is Cc1ccc(CC(=O)N2CCOCC2CC(=O)c2cccs2)o1. The number of amides is 1. The second-order valence-corrected chi connectivity index (χ2v) is 6.56. The van der Waals surface area contributed by atoms with Crippen LogP contribution in [0.1, 0.15) is 27.6 Å². The van der Waals surface area contributed by atoms with Gasteiger partial charge < -0.3 is 14.1 Å². The van der Waals surface area contributed by atoms with E-state index in [1.165, 1.54) is 11.3 Å². The van der Waals surface area contributed by atoms with Gasteiger partial charge in [-0.3, -0.25) is 9.59 Å². The summed E-state index contributed by atoms with van der Waals surface area (Å²) in [6.07, 6.45) is 0.515. The maximum atomic E-state index is 12.6. The second-order valence-electron chi connectivity index (χ2n) is 5.61. The number of ketones is 1. The Bertz CT molecular complexity index is 677. The second kappa shape index (κ2) is 7.10. The molecule has 3 heterocycles. The topological polar surface area (TPSA) is 59.8 Å². The zero-order chi connectivity index (χ0) is 16.2. The Labute approximate surface area is 138 Å². The summed E-state index contributed by atoms with van der Waals surface area (Å²) in [6, 6.07) is 7.13. The van der Waals surface area contributed by atoms with Crippen LogP contribution >= 0.6 is 11.3 Å². The first-order chi connectivity index (χ1) is 11.1. The van der Waals surface area contributed by atoms with E-state index in [0.29, 0.717) is 31.9 Å². The molecule has 0 aromatic carbocycles. The fraction of sp³-hybridized carbons (Fsp3) is 0.412. The van der Waals surface area contributed by atoms with E-state index in [4.69, 9.17) is 9.15 Å². The van der Waals surface area contributed by atoms with Crippen LogP contribution in [0.5, 0.6) is 0 Å². The molecule has 1 aliphatic heterocycles. The Morgan fingerprint density at radius 1 is 1.35 bits per heavy atom. The van der Waals surface area contributed by atoms with E-state index in [1.54, 1.807) is 4.90 Å². The van der Waals surface area contributed by atoms with Crippen LogP contribution in [0.4, 0.5) is 0 Å². The zero-order valence-corrected chi connectivity index (χ0v) is 13.8. The van der Waals surface area contributed by atoms with Gasteiger partial charge in [-0.05, 0) is 30.5 Å². The van der Waals surface area contributed by atoms with E-state index in [-0.39, 0.29) is 24.2 Å². The predicted octanol–water partition coefficient (Wildman–Crippen LogP) is 2.69. The molecule has 1 fully saturated rings. The summed E-state index contributed by atoms with van der Waals surface area (Å²) in [7, 11) is 0. The summed E-state index contributed by atoms with van der Waals surface area (Å²) in [6.45, 7) is 3.28. The van der Waals surface area contributed by atoms with Crippen molar-refractivity contribution in [3.63, 3.8) is 0 Å². The quantitative estimate of drug-likeness (QED) is 0.789. The summed E-state index contributed by atoms with van der Waals surface area (Å²) in [5, 5.41) is 1.88. The molecule has 0 saturated carbocycles. The van der Waals surface area contributed by atoms with Crippen LogP contribution in [-0.4, -0.2) is 42.4 Å². The van der Waals surface area contributed by atoms with Gasteiger partial charge in [-0.25, -0.2) is 0 Å². The molecule has 1 unspecified atom stereocenters. The lowest BCUT2D eigenvalue weighted by Gasteiger charge is -2.35. The van der Waals surface area contributed by atoms with E-state index in [9.17, 15) is 9.59 Å². The Morgan fingerprint density at radius 2 is 2.22 bits per heavy atom. The molecule has 6 heteroatoms. The van der Waals surface area contributed by atoms with Crippen LogP contribution in [0.15, 0.2) is 34.1 Å². The average Bonchev–Trinajstić information content (AvgIpc) is 3.19. The van der Waals surface area contributed by atoms with Gasteiger partial charge in [-0.1, -0.05) is 6.07 Å². The highest BCUT2D eigenvalue weighted by molar-refractivity contribution is 7.12. The van der Waals surface area contributed by atoms with Gasteiger partial charge in [0.25, 0.3) is 0 Å². The van der Waals surface area contributed by atoms with Crippen molar-refractivity contribution >= 4 is 23.0 Å². The molecule has 2 aromatic heterocycles. The molecule has 1 atom stereocenters. The largest absolute Gasteiger partial charge is 0.466 e. The number of rotatable bonds is 5. The molecule has 122 valence electrons. The van der Waals surface area contributed by atoms with Gasteiger partial charge in [0.15, 0.2) is 5.78 Å². The van der Waals surface area contributed by atoms with Gasteiger partial charge in [-0.15, -0.1) is 11.3 Å². The first kappa shape index (κ1) is 16.0. The van der Waals surface area contributed by atoms with E-state index in [2.05, 4.69) is 0 Å². The lowest BCUT2D eigenvalue weighted by Crippen LogP contribution is -2.50. The minimum absolute atomic E-state index is 0.0216. The van der Waals surface area contributed by atoms with Crippen LogP contribution in [0.3, 0.4) is 0 Å². The van der Waals surface area contributed by atoms with Crippen LogP contribution in [0.2, 0.25) is 0 Å². The number of thiophene rings is 1. The number of aryl methyl sites for hydroxylation is 1. The molecule has 0 N–H and O–H groups in total. The Hall–Kier alpha value is -1.92. The summed E-state index contributed by atoms with van der Waals surface area (Å²) in [4.78, 5) is 27.3. The summed E-state index contributed by atoms with van der Waals surface area (Å²) in [5.41, 5.74) is 0. The third kappa shape index (κ3) is 3.89. The smallest absolute Gasteiger partial charge is 0.230 e. The highest BCUT2D eigenvalue weighted by Crippen LogP contribution is 2.19. The molecule has 2 aromatic rings. The minimum atomic E-state index is -0.207. The van der Waals surface area contributed by atoms with Crippen LogP contribution in [-0.2, 0) is 16.0 Å². The Balaban J connectivity index is 1.65. The molecule has 3 rings (SSSR count). The number of morpholine rings is 1. The molecule has 0 bridgehead atoms. The maximum absolute atomic E-state index is 12.6. The van der Waals surface area contributed by atoms with Crippen molar-refractivity contribution in [3.8, 4) is 0 Å².